The smallest absolute Gasteiger partial charge is 0.273 e. The Morgan fingerprint density at radius 2 is 1.76 bits per heavy atom. The Labute approximate surface area is 122 Å². The van der Waals surface area contributed by atoms with Crippen LogP contribution in [-0.2, 0) is 11.2 Å². The van der Waals surface area contributed by atoms with Gasteiger partial charge in [-0.2, -0.15) is 0 Å². The highest BCUT2D eigenvalue weighted by Gasteiger charge is 2.15. The van der Waals surface area contributed by atoms with Gasteiger partial charge in [0, 0.05) is 17.3 Å². The SMILES string of the molecule is Cc1cc(C)cc(NC(=O)Cc2ccccc2[N+](=O)[O-])c1. The summed E-state index contributed by atoms with van der Waals surface area (Å²) >= 11 is 0. The Hall–Kier alpha value is -2.69. The predicted molar refractivity (Wildman–Crippen MR) is 81.3 cm³/mol. The van der Waals surface area contributed by atoms with Gasteiger partial charge in [-0.1, -0.05) is 24.3 Å². The van der Waals surface area contributed by atoms with Crippen LogP contribution in [0.3, 0.4) is 0 Å². The highest BCUT2D eigenvalue weighted by atomic mass is 16.6. The zero-order chi connectivity index (χ0) is 15.4. The number of hydrogen-bond donors (Lipinski definition) is 1. The normalized spacial score (nSPS) is 10.2. The molecular weight excluding hydrogens is 268 g/mol. The zero-order valence-electron chi connectivity index (χ0n) is 11.9. The lowest BCUT2D eigenvalue weighted by Crippen LogP contribution is -2.15. The van der Waals surface area contributed by atoms with E-state index in [9.17, 15) is 14.9 Å². The maximum absolute atomic E-state index is 12.0. The van der Waals surface area contributed by atoms with Crippen LogP contribution in [0.4, 0.5) is 11.4 Å². The number of rotatable bonds is 4. The summed E-state index contributed by atoms with van der Waals surface area (Å²) in [5, 5.41) is 13.7. The van der Waals surface area contributed by atoms with Gasteiger partial charge in [0.15, 0.2) is 0 Å². The van der Waals surface area contributed by atoms with E-state index in [1.165, 1.54) is 6.07 Å². The van der Waals surface area contributed by atoms with Crippen molar-refractivity contribution < 1.29 is 9.72 Å². The van der Waals surface area contributed by atoms with Crippen molar-refractivity contribution in [2.24, 2.45) is 0 Å². The highest BCUT2D eigenvalue weighted by molar-refractivity contribution is 5.93. The molecule has 0 saturated carbocycles. The Morgan fingerprint density at radius 1 is 1.14 bits per heavy atom. The van der Waals surface area contributed by atoms with E-state index in [2.05, 4.69) is 5.32 Å². The number of aryl methyl sites for hydroxylation is 2. The van der Waals surface area contributed by atoms with Gasteiger partial charge in [0.05, 0.1) is 11.3 Å². The number of hydrogen-bond acceptors (Lipinski definition) is 3. The van der Waals surface area contributed by atoms with Crippen molar-refractivity contribution in [2.75, 3.05) is 5.32 Å². The van der Waals surface area contributed by atoms with E-state index in [4.69, 9.17) is 0 Å². The average Bonchev–Trinajstić information content (AvgIpc) is 2.37. The number of para-hydroxylation sites is 1. The van der Waals surface area contributed by atoms with Crippen molar-refractivity contribution in [3.63, 3.8) is 0 Å². The molecule has 21 heavy (non-hydrogen) atoms. The van der Waals surface area contributed by atoms with E-state index in [0.717, 1.165) is 11.1 Å². The number of nitrogens with zero attached hydrogens (tertiary/aromatic N) is 1. The first kappa shape index (κ1) is 14.7. The topological polar surface area (TPSA) is 72.2 Å². The number of anilines is 1. The van der Waals surface area contributed by atoms with Crippen molar-refractivity contribution in [3.8, 4) is 0 Å². The fraction of sp³-hybridized carbons (Fsp3) is 0.188. The molecule has 0 aliphatic carbocycles. The van der Waals surface area contributed by atoms with Crippen LogP contribution in [0.5, 0.6) is 0 Å². The van der Waals surface area contributed by atoms with E-state index >= 15 is 0 Å². The Kier molecular flexibility index (Phi) is 4.33. The molecule has 0 aliphatic rings. The Bertz CT molecular complexity index is 675. The average molecular weight is 284 g/mol. The standard InChI is InChI=1S/C16H16N2O3/c1-11-7-12(2)9-14(8-11)17-16(19)10-13-5-3-4-6-15(13)18(20)21/h3-9H,10H2,1-2H3,(H,17,19). The summed E-state index contributed by atoms with van der Waals surface area (Å²) in [6, 6.07) is 12.0. The maximum Gasteiger partial charge on any atom is 0.273 e. The molecule has 0 aliphatic heterocycles. The Balaban J connectivity index is 2.14. The number of carbonyl (C=O) groups is 1. The number of amides is 1. The molecule has 0 atom stereocenters. The molecule has 0 heterocycles. The third-order valence-corrected chi connectivity index (χ3v) is 3.04. The van der Waals surface area contributed by atoms with Gasteiger partial charge in [-0.05, 0) is 37.1 Å². The molecule has 0 spiro atoms. The molecule has 2 rings (SSSR count). The molecule has 2 aromatic rings. The van der Waals surface area contributed by atoms with Crippen LogP contribution >= 0.6 is 0 Å². The zero-order valence-corrected chi connectivity index (χ0v) is 11.9. The lowest BCUT2D eigenvalue weighted by Gasteiger charge is -2.08. The summed E-state index contributed by atoms with van der Waals surface area (Å²) in [6.07, 6.45) is -0.0237. The van der Waals surface area contributed by atoms with Gasteiger partial charge >= 0.3 is 0 Å². The van der Waals surface area contributed by atoms with Crippen LogP contribution in [0.1, 0.15) is 16.7 Å². The molecule has 0 aromatic heterocycles. The van der Waals surface area contributed by atoms with E-state index in [1.807, 2.05) is 32.0 Å². The molecule has 0 fully saturated rings. The van der Waals surface area contributed by atoms with Crippen molar-refractivity contribution in [3.05, 3.63) is 69.3 Å². The van der Waals surface area contributed by atoms with Crippen LogP contribution in [0.25, 0.3) is 0 Å². The minimum absolute atomic E-state index is 0.0237. The van der Waals surface area contributed by atoms with E-state index in [-0.39, 0.29) is 18.0 Å². The maximum atomic E-state index is 12.0. The van der Waals surface area contributed by atoms with Gasteiger partial charge < -0.3 is 5.32 Å². The van der Waals surface area contributed by atoms with Crippen molar-refractivity contribution in [2.45, 2.75) is 20.3 Å². The predicted octanol–water partition coefficient (Wildman–Crippen LogP) is 3.39. The summed E-state index contributed by atoms with van der Waals surface area (Å²) in [6.45, 7) is 3.90. The van der Waals surface area contributed by atoms with Gasteiger partial charge in [-0.25, -0.2) is 0 Å². The first-order chi connectivity index (χ1) is 9.95. The van der Waals surface area contributed by atoms with E-state index in [1.54, 1.807) is 18.2 Å². The van der Waals surface area contributed by atoms with Crippen LogP contribution in [0.2, 0.25) is 0 Å². The fourth-order valence-corrected chi connectivity index (χ4v) is 2.26. The number of nitro groups is 1. The second kappa shape index (κ2) is 6.17. The van der Waals surface area contributed by atoms with E-state index < -0.39 is 4.92 Å². The molecular formula is C16H16N2O3. The minimum Gasteiger partial charge on any atom is -0.326 e. The molecule has 0 unspecified atom stereocenters. The summed E-state index contributed by atoms with van der Waals surface area (Å²) in [5.74, 6) is -0.269. The molecule has 1 N–H and O–H groups in total. The van der Waals surface area contributed by atoms with Crippen LogP contribution in [-0.4, -0.2) is 10.8 Å². The number of carbonyl (C=O) groups excluding carboxylic acids is 1. The first-order valence-corrected chi connectivity index (χ1v) is 6.56. The van der Waals surface area contributed by atoms with Crippen molar-refractivity contribution >= 4 is 17.3 Å². The third-order valence-electron chi connectivity index (χ3n) is 3.04. The largest absolute Gasteiger partial charge is 0.326 e. The van der Waals surface area contributed by atoms with E-state index in [0.29, 0.717) is 11.3 Å². The summed E-state index contributed by atoms with van der Waals surface area (Å²) in [5.41, 5.74) is 3.18. The number of nitro benzene ring substituents is 1. The van der Waals surface area contributed by atoms with Gasteiger partial charge in [0.2, 0.25) is 5.91 Å². The molecule has 108 valence electrons. The Morgan fingerprint density at radius 3 is 2.38 bits per heavy atom. The lowest BCUT2D eigenvalue weighted by atomic mass is 10.1. The molecule has 0 saturated heterocycles. The number of benzene rings is 2. The fourth-order valence-electron chi connectivity index (χ4n) is 2.26. The quantitative estimate of drug-likeness (QED) is 0.691. The van der Waals surface area contributed by atoms with Crippen molar-refractivity contribution in [1.82, 2.24) is 0 Å². The van der Waals surface area contributed by atoms with Crippen LogP contribution in [0, 0.1) is 24.0 Å². The molecule has 5 nitrogen and oxygen atoms in total. The molecule has 5 heteroatoms. The second-order valence-electron chi connectivity index (χ2n) is 4.99. The molecule has 2 aromatic carbocycles. The summed E-state index contributed by atoms with van der Waals surface area (Å²) in [4.78, 5) is 22.5. The van der Waals surface area contributed by atoms with Crippen LogP contribution < -0.4 is 5.32 Å². The van der Waals surface area contributed by atoms with Crippen LogP contribution in [0.15, 0.2) is 42.5 Å². The molecule has 1 amide bonds. The lowest BCUT2D eigenvalue weighted by molar-refractivity contribution is -0.385. The first-order valence-electron chi connectivity index (χ1n) is 6.56. The molecule has 0 radical (unpaired) electrons. The minimum atomic E-state index is -0.473. The molecule has 0 bridgehead atoms. The summed E-state index contributed by atoms with van der Waals surface area (Å²) in [7, 11) is 0. The third kappa shape index (κ3) is 3.89. The van der Waals surface area contributed by atoms with Gasteiger partial charge in [0.1, 0.15) is 0 Å². The second-order valence-corrected chi connectivity index (χ2v) is 4.99. The van der Waals surface area contributed by atoms with Crippen molar-refractivity contribution in [1.29, 1.82) is 0 Å². The summed E-state index contributed by atoms with van der Waals surface area (Å²) < 4.78 is 0. The number of nitrogens with one attached hydrogen (secondary N) is 1. The van der Waals surface area contributed by atoms with Gasteiger partial charge in [0.25, 0.3) is 5.69 Å². The monoisotopic (exact) mass is 284 g/mol. The highest BCUT2D eigenvalue weighted by Crippen LogP contribution is 2.19. The van der Waals surface area contributed by atoms with Gasteiger partial charge in [-0.3, -0.25) is 14.9 Å². The van der Waals surface area contributed by atoms with Gasteiger partial charge in [-0.15, -0.1) is 0 Å².